The Morgan fingerprint density at radius 3 is 1.71 bits per heavy atom. The summed E-state index contributed by atoms with van der Waals surface area (Å²) in [6.07, 6.45) is 9.93. The van der Waals surface area contributed by atoms with Gasteiger partial charge in [-0.2, -0.15) is 0 Å². The van der Waals surface area contributed by atoms with Crippen LogP contribution in [0.25, 0.3) is 0 Å². The zero-order valence-corrected chi connectivity index (χ0v) is 10.4. The van der Waals surface area contributed by atoms with Gasteiger partial charge in [0.15, 0.2) is 0 Å². The maximum atomic E-state index is 10.2. The summed E-state index contributed by atoms with van der Waals surface area (Å²) in [4.78, 5) is 10.2. The van der Waals surface area contributed by atoms with Crippen LogP contribution in [0.5, 0.6) is 0 Å². The van der Waals surface area contributed by atoms with Gasteiger partial charge < -0.3 is 0 Å². The molecule has 0 heterocycles. The van der Waals surface area contributed by atoms with Crippen molar-refractivity contribution in [1.29, 1.82) is 0 Å². The van der Waals surface area contributed by atoms with Gasteiger partial charge in [-0.25, -0.2) is 0 Å². The van der Waals surface area contributed by atoms with E-state index in [0.29, 0.717) is 5.57 Å². The fourth-order valence-corrected chi connectivity index (χ4v) is 0.534. The van der Waals surface area contributed by atoms with Crippen LogP contribution in [0.15, 0.2) is 36.0 Å². The van der Waals surface area contributed by atoms with E-state index in [2.05, 4.69) is 0 Å². The third kappa shape index (κ3) is 17.1. The Balaban J connectivity index is -0.000000266. The molecule has 82 valence electrons. The highest BCUT2D eigenvalue weighted by molar-refractivity contribution is 5.77. The van der Waals surface area contributed by atoms with Crippen LogP contribution in [-0.4, -0.2) is 6.29 Å². The second-order valence-electron chi connectivity index (χ2n) is 1.81. The molecule has 0 bridgehead atoms. The lowest BCUT2D eigenvalue weighted by atomic mass is 10.2. The Bertz CT molecular complexity index is 174. The molecule has 0 aromatic carbocycles. The van der Waals surface area contributed by atoms with E-state index in [0.717, 1.165) is 6.29 Å². The van der Waals surface area contributed by atoms with Crippen LogP contribution < -0.4 is 0 Å². The van der Waals surface area contributed by atoms with Crippen LogP contribution in [0.2, 0.25) is 0 Å². The average molecular weight is 196 g/mol. The predicted octanol–water partition coefficient (Wildman–Crippen LogP) is 4.32. The topological polar surface area (TPSA) is 17.1 Å². The fraction of sp³-hybridized carbons (Fsp3) is 0.462. The molecule has 0 radical (unpaired) electrons. The van der Waals surface area contributed by atoms with Crippen molar-refractivity contribution in [3.63, 3.8) is 0 Å². The van der Waals surface area contributed by atoms with Crippen molar-refractivity contribution in [3.05, 3.63) is 36.0 Å². The quantitative estimate of drug-likeness (QED) is 0.373. The number of carbonyl (C=O) groups is 1. The van der Waals surface area contributed by atoms with E-state index in [1.807, 2.05) is 59.8 Å². The first-order valence-corrected chi connectivity index (χ1v) is 5.26. The average Bonchev–Trinajstić information content (AvgIpc) is 2.29. The summed E-state index contributed by atoms with van der Waals surface area (Å²) in [5, 5.41) is 0. The molecule has 1 nitrogen and oxygen atoms in total. The molecular formula is C13H24O. The number of hydrogen-bond acceptors (Lipinski definition) is 1. The monoisotopic (exact) mass is 196 g/mol. The van der Waals surface area contributed by atoms with Gasteiger partial charge >= 0.3 is 0 Å². The summed E-state index contributed by atoms with van der Waals surface area (Å²) in [6.45, 7) is 11.8. The van der Waals surface area contributed by atoms with E-state index >= 15 is 0 Å². The van der Waals surface area contributed by atoms with E-state index < -0.39 is 0 Å². The zero-order chi connectivity index (χ0) is 11.8. The molecule has 0 unspecified atom stereocenters. The van der Waals surface area contributed by atoms with Gasteiger partial charge in [0.25, 0.3) is 0 Å². The van der Waals surface area contributed by atoms with E-state index in [4.69, 9.17) is 0 Å². The van der Waals surface area contributed by atoms with Crippen molar-refractivity contribution in [2.75, 3.05) is 0 Å². The largest absolute Gasteiger partial charge is 0.298 e. The lowest BCUT2D eigenvalue weighted by molar-refractivity contribution is -0.104. The van der Waals surface area contributed by atoms with Crippen molar-refractivity contribution in [2.45, 2.75) is 41.5 Å². The first-order chi connectivity index (χ1) is 6.85. The molecule has 0 spiro atoms. The van der Waals surface area contributed by atoms with Crippen molar-refractivity contribution in [1.82, 2.24) is 0 Å². The van der Waals surface area contributed by atoms with Crippen LogP contribution in [0, 0.1) is 0 Å². The molecule has 1 heteroatoms. The van der Waals surface area contributed by atoms with Crippen LogP contribution in [0.3, 0.4) is 0 Å². The number of rotatable bonds is 3. The summed E-state index contributed by atoms with van der Waals surface area (Å²) >= 11 is 0. The molecule has 0 N–H and O–H groups in total. The molecule has 0 saturated carbocycles. The summed E-state index contributed by atoms with van der Waals surface area (Å²) in [5.74, 6) is 0. The van der Waals surface area contributed by atoms with Crippen LogP contribution in [-0.2, 0) is 4.79 Å². The van der Waals surface area contributed by atoms with Crippen molar-refractivity contribution >= 4 is 6.29 Å². The van der Waals surface area contributed by atoms with E-state index in [1.165, 1.54) is 0 Å². The Labute approximate surface area is 89.2 Å². The normalized spacial score (nSPS) is 10.3. The molecule has 0 fully saturated rings. The lowest BCUT2D eigenvalue weighted by Gasteiger charge is -1.82. The van der Waals surface area contributed by atoms with Gasteiger partial charge in [-0.3, -0.25) is 4.79 Å². The zero-order valence-electron chi connectivity index (χ0n) is 10.4. The highest BCUT2D eigenvalue weighted by Gasteiger charge is 1.81. The molecule has 14 heavy (non-hydrogen) atoms. The molecule has 0 aliphatic heterocycles. The lowest BCUT2D eigenvalue weighted by Crippen LogP contribution is -1.75. The van der Waals surface area contributed by atoms with Gasteiger partial charge in [-0.1, -0.05) is 58.1 Å². The van der Waals surface area contributed by atoms with Gasteiger partial charge in [0.05, 0.1) is 0 Å². The molecule has 0 amide bonds. The summed E-state index contributed by atoms with van der Waals surface area (Å²) < 4.78 is 0. The smallest absolute Gasteiger partial charge is 0.150 e. The number of hydrogen-bond donors (Lipinski definition) is 0. The number of aldehydes is 1. The van der Waals surface area contributed by atoms with Crippen molar-refractivity contribution < 1.29 is 4.79 Å². The fourth-order valence-electron chi connectivity index (χ4n) is 0.534. The number of allylic oxidation sites excluding steroid dienone is 6. The molecule has 0 rings (SSSR count). The van der Waals surface area contributed by atoms with E-state index in [9.17, 15) is 4.79 Å². The molecule has 0 atom stereocenters. The summed E-state index contributed by atoms with van der Waals surface area (Å²) in [5.41, 5.74) is 0.695. The second-order valence-corrected chi connectivity index (χ2v) is 1.81. The first-order valence-electron chi connectivity index (χ1n) is 5.26. The second kappa shape index (κ2) is 22.7. The Morgan fingerprint density at radius 2 is 1.43 bits per heavy atom. The highest BCUT2D eigenvalue weighted by atomic mass is 16.1. The van der Waals surface area contributed by atoms with Gasteiger partial charge in [-0.05, 0) is 13.8 Å². The molecule has 0 aliphatic rings. The van der Waals surface area contributed by atoms with Gasteiger partial charge in [-0.15, -0.1) is 0 Å². The highest BCUT2D eigenvalue weighted by Crippen LogP contribution is 1.92. The Kier molecular flexibility index (Phi) is 30.1. The standard InChI is InChI=1S/C9H12O.2C2H6/c1-3-5-7-9(8-10)6-4-2;2*1-2/h3-8H,1-2H3;2*1-2H3/b5-3-,6-4-,9-7+;;. The Morgan fingerprint density at radius 1 is 0.929 bits per heavy atom. The minimum atomic E-state index is 0.695. The van der Waals surface area contributed by atoms with Crippen molar-refractivity contribution in [2.24, 2.45) is 0 Å². The van der Waals surface area contributed by atoms with E-state index in [1.54, 1.807) is 12.2 Å². The predicted molar refractivity (Wildman–Crippen MR) is 66.5 cm³/mol. The van der Waals surface area contributed by atoms with Crippen molar-refractivity contribution in [3.8, 4) is 0 Å². The molecule has 0 aromatic rings. The summed E-state index contributed by atoms with van der Waals surface area (Å²) in [7, 11) is 0. The Hall–Kier alpha value is -1.11. The third-order valence-corrected chi connectivity index (χ3v) is 0.976. The number of carbonyl (C=O) groups excluding carboxylic acids is 1. The minimum Gasteiger partial charge on any atom is -0.298 e. The third-order valence-electron chi connectivity index (χ3n) is 0.976. The molecule has 0 aliphatic carbocycles. The molecule has 0 saturated heterocycles. The maximum Gasteiger partial charge on any atom is 0.150 e. The van der Waals surface area contributed by atoms with E-state index in [-0.39, 0.29) is 0 Å². The summed E-state index contributed by atoms with van der Waals surface area (Å²) in [6, 6.07) is 0. The van der Waals surface area contributed by atoms with Gasteiger partial charge in [0.2, 0.25) is 0 Å². The SMILES string of the molecule is CC.CC.C\C=C/C=C(C=O)\C=C/C. The molecular weight excluding hydrogens is 172 g/mol. The minimum absolute atomic E-state index is 0.695. The van der Waals surface area contributed by atoms with Gasteiger partial charge in [0, 0.05) is 5.57 Å². The van der Waals surface area contributed by atoms with Crippen LogP contribution in [0.1, 0.15) is 41.5 Å². The van der Waals surface area contributed by atoms with Crippen LogP contribution >= 0.6 is 0 Å². The van der Waals surface area contributed by atoms with Crippen LogP contribution in [0.4, 0.5) is 0 Å². The molecule has 0 aromatic heterocycles. The van der Waals surface area contributed by atoms with Gasteiger partial charge in [0.1, 0.15) is 6.29 Å². The first kappa shape index (κ1) is 18.6. The maximum absolute atomic E-state index is 10.2.